The molecule has 1 N–H and O–H groups in total. The van der Waals surface area contributed by atoms with Crippen LogP contribution in [0.2, 0.25) is 0 Å². The Hall–Kier alpha value is -2.27. The number of rotatable bonds is 3. The summed E-state index contributed by atoms with van der Waals surface area (Å²) < 4.78 is 2.03. The van der Waals surface area contributed by atoms with Gasteiger partial charge in [0, 0.05) is 56.0 Å². The summed E-state index contributed by atoms with van der Waals surface area (Å²) in [7, 11) is 4.13. The molecule has 0 bridgehead atoms. The molecular formula is C19H26N4O. The molecule has 0 atom stereocenters. The smallest absolute Gasteiger partial charge is 0.257 e. The van der Waals surface area contributed by atoms with Gasteiger partial charge in [0.05, 0.1) is 5.56 Å². The molecule has 1 aromatic heterocycles. The van der Waals surface area contributed by atoms with E-state index in [4.69, 9.17) is 0 Å². The number of carbonyl (C=O) groups is 1. The first-order valence-electron chi connectivity index (χ1n) is 8.43. The summed E-state index contributed by atoms with van der Waals surface area (Å²) in [6, 6.07) is 10.1. The van der Waals surface area contributed by atoms with E-state index in [1.165, 1.54) is 5.69 Å². The van der Waals surface area contributed by atoms with Crippen molar-refractivity contribution < 1.29 is 4.79 Å². The van der Waals surface area contributed by atoms with E-state index >= 15 is 0 Å². The number of nitrogens with one attached hydrogen (secondary N) is 1. The standard InChI is InChI=1S/C19H26N4O/c1-14-13-18(15(2)22(14)4)19(24)20-16-5-7-17(8-6-16)23-11-9-21(3)10-12-23/h5-8,13H,9-12H2,1-4H3,(H,20,24). The van der Waals surface area contributed by atoms with E-state index in [-0.39, 0.29) is 5.91 Å². The van der Waals surface area contributed by atoms with E-state index in [9.17, 15) is 4.79 Å². The van der Waals surface area contributed by atoms with Crippen LogP contribution in [0.3, 0.4) is 0 Å². The van der Waals surface area contributed by atoms with Gasteiger partial charge >= 0.3 is 0 Å². The lowest BCUT2D eigenvalue weighted by atomic mass is 10.2. The second kappa shape index (κ2) is 6.69. The minimum atomic E-state index is -0.0523. The van der Waals surface area contributed by atoms with E-state index in [2.05, 4.69) is 34.3 Å². The van der Waals surface area contributed by atoms with Crippen LogP contribution in [-0.4, -0.2) is 48.6 Å². The fraction of sp³-hybridized carbons (Fsp3) is 0.421. The van der Waals surface area contributed by atoms with Gasteiger partial charge in [-0.2, -0.15) is 0 Å². The first-order valence-corrected chi connectivity index (χ1v) is 8.43. The zero-order valence-electron chi connectivity index (χ0n) is 15.0. The van der Waals surface area contributed by atoms with Gasteiger partial charge in [0.1, 0.15) is 0 Å². The molecule has 2 aromatic rings. The second-order valence-electron chi connectivity index (χ2n) is 6.64. The van der Waals surface area contributed by atoms with Gasteiger partial charge in [-0.3, -0.25) is 4.79 Å². The van der Waals surface area contributed by atoms with Gasteiger partial charge in [0.25, 0.3) is 5.91 Å². The maximum atomic E-state index is 12.5. The molecular weight excluding hydrogens is 300 g/mol. The van der Waals surface area contributed by atoms with Crippen LogP contribution in [0.25, 0.3) is 0 Å². The van der Waals surface area contributed by atoms with Crippen molar-refractivity contribution in [1.82, 2.24) is 9.47 Å². The summed E-state index contributed by atoms with van der Waals surface area (Å²) in [5.41, 5.74) is 4.85. The predicted molar refractivity (Wildman–Crippen MR) is 99.0 cm³/mol. The van der Waals surface area contributed by atoms with Crippen LogP contribution in [-0.2, 0) is 7.05 Å². The number of carbonyl (C=O) groups excluding carboxylic acids is 1. The van der Waals surface area contributed by atoms with Crippen molar-refractivity contribution in [2.45, 2.75) is 13.8 Å². The summed E-state index contributed by atoms with van der Waals surface area (Å²) in [6.45, 7) is 8.25. The molecule has 5 nitrogen and oxygen atoms in total. The Labute approximate surface area is 143 Å². The molecule has 2 heterocycles. The maximum absolute atomic E-state index is 12.5. The number of piperazine rings is 1. The van der Waals surface area contributed by atoms with Crippen molar-refractivity contribution in [3.8, 4) is 0 Å². The van der Waals surface area contributed by atoms with Gasteiger partial charge in [-0.05, 0) is 51.2 Å². The number of benzene rings is 1. The van der Waals surface area contributed by atoms with E-state index < -0.39 is 0 Å². The molecule has 0 aliphatic carbocycles. The molecule has 3 rings (SSSR count). The molecule has 1 aliphatic heterocycles. The molecule has 5 heteroatoms. The third kappa shape index (κ3) is 3.31. The summed E-state index contributed by atoms with van der Waals surface area (Å²) in [6.07, 6.45) is 0. The largest absolute Gasteiger partial charge is 0.369 e. The average molecular weight is 326 g/mol. The lowest BCUT2D eigenvalue weighted by Gasteiger charge is -2.34. The Morgan fingerprint density at radius 1 is 1.00 bits per heavy atom. The third-order valence-electron chi connectivity index (χ3n) is 5.01. The molecule has 1 saturated heterocycles. The molecule has 24 heavy (non-hydrogen) atoms. The van der Waals surface area contributed by atoms with Gasteiger partial charge in [-0.15, -0.1) is 0 Å². The number of hydrogen-bond acceptors (Lipinski definition) is 3. The second-order valence-corrected chi connectivity index (χ2v) is 6.64. The molecule has 0 unspecified atom stereocenters. The fourth-order valence-corrected chi connectivity index (χ4v) is 3.10. The van der Waals surface area contributed by atoms with Crippen molar-refractivity contribution in [2.75, 3.05) is 43.4 Å². The molecule has 1 fully saturated rings. The molecule has 128 valence electrons. The number of aryl methyl sites for hydroxylation is 1. The van der Waals surface area contributed by atoms with Crippen molar-refractivity contribution >= 4 is 17.3 Å². The lowest BCUT2D eigenvalue weighted by Crippen LogP contribution is -2.44. The molecule has 1 amide bonds. The van der Waals surface area contributed by atoms with Crippen LogP contribution < -0.4 is 10.2 Å². The minimum Gasteiger partial charge on any atom is -0.369 e. The first kappa shape index (κ1) is 16.6. The Balaban J connectivity index is 1.67. The van der Waals surface area contributed by atoms with Crippen molar-refractivity contribution in [3.05, 3.63) is 47.3 Å². The zero-order valence-corrected chi connectivity index (χ0v) is 15.0. The fourth-order valence-electron chi connectivity index (χ4n) is 3.10. The highest BCUT2D eigenvalue weighted by atomic mass is 16.1. The lowest BCUT2D eigenvalue weighted by molar-refractivity contribution is 0.102. The molecule has 1 aromatic carbocycles. The number of anilines is 2. The third-order valence-corrected chi connectivity index (χ3v) is 5.01. The Morgan fingerprint density at radius 2 is 1.62 bits per heavy atom. The normalized spacial score (nSPS) is 15.6. The topological polar surface area (TPSA) is 40.5 Å². The van der Waals surface area contributed by atoms with Crippen LogP contribution in [0.4, 0.5) is 11.4 Å². The number of nitrogens with zero attached hydrogens (tertiary/aromatic N) is 3. The molecule has 0 saturated carbocycles. The van der Waals surface area contributed by atoms with Crippen LogP contribution in [0.15, 0.2) is 30.3 Å². The van der Waals surface area contributed by atoms with Gasteiger partial charge in [-0.1, -0.05) is 0 Å². The summed E-state index contributed by atoms with van der Waals surface area (Å²) in [5, 5.41) is 3.00. The van der Waals surface area contributed by atoms with Crippen molar-refractivity contribution in [1.29, 1.82) is 0 Å². The molecule has 1 aliphatic rings. The number of likely N-dealkylation sites (N-methyl/N-ethyl adjacent to an activating group) is 1. The van der Waals surface area contributed by atoms with Gasteiger partial charge in [0.2, 0.25) is 0 Å². The summed E-state index contributed by atoms with van der Waals surface area (Å²) in [4.78, 5) is 17.2. The van der Waals surface area contributed by atoms with E-state index in [0.29, 0.717) is 0 Å². The van der Waals surface area contributed by atoms with E-state index in [0.717, 1.165) is 48.8 Å². The van der Waals surface area contributed by atoms with Gasteiger partial charge < -0.3 is 19.7 Å². The van der Waals surface area contributed by atoms with Gasteiger partial charge in [0.15, 0.2) is 0 Å². The SMILES string of the molecule is Cc1cc(C(=O)Nc2ccc(N3CCN(C)CC3)cc2)c(C)n1C. The maximum Gasteiger partial charge on any atom is 0.257 e. The average Bonchev–Trinajstić information content (AvgIpc) is 2.84. The first-order chi connectivity index (χ1) is 11.5. The quantitative estimate of drug-likeness (QED) is 0.943. The Kier molecular flexibility index (Phi) is 4.62. The van der Waals surface area contributed by atoms with E-state index in [1.54, 1.807) is 0 Å². The zero-order chi connectivity index (χ0) is 17.3. The highest BCUT2D eigenvalue weighted by Gasteiger charge is 2.16. The Bertz CT molecular complexity index is 725. The van der Waals surface area contributed by atoms with Crippen LogP contribution in [0.1, 0.15) is 21.7 Å². The highest BCUT2D eigenvalue weighted by molar-refractivity contribution is 6.05. The van der Waals surface area contributed by atoms with Gasteiger partial charge in [-0.25, -0.2) is 0 Å². The minimum absolute atomic E-state index is 0.0523. The van der Waals surface area contributed by atoms with Crippen molar-refractivity contribution in [2.24, 2.45) is 7.05 Å². The summed E-state index contributed by atoms with van der Waals surface area (Å²) >= 11 is 0. The van der Waals surface area contributed by atoms with Crippen LogP contribution in [0, 0.1) is 13.8 Å². The van der Waals surface area contributed by atoms with Crippen molar-refractivity contribution in [3.63, 3.8) is 0 Å². The summed E-state index contributed by atoms with van der Waals surface area (Å²) in [5.74, 6) is -0.0523. The number of aromatic nitrogens is 1. The number of hydrogen-bond donors (Lipinski definition) is 1. The van der Waals surface area contributed by atoms with E-state index in [1.807, 2.05) is 43.7 Å². The molecule has 0 spiro atoms. The number of amides is 1. The van der Waals surface area contributed by atoms with Crippen LogP contribution >= 0.6 is 0 Å². The Morgan fingerprint density at radius 3 is 2.17 bits per heavy atom. The predicted octanol–water partition coefficient (Wildman–Crippen LogP) is 2.65. The monoisotopic (exact) mass is 326 g/mol. The molecule has 0 radical (unpaired) electrons. The highest BCUT2D eigenvalue weighted by Crippen LogP contribution is 2.21. The van der Waals surface area contributed by atoms with Crippen LogP contribution in [0.5, 0.6) is 0 Å².